The molecule has 4 rings (SSSR count). The smallest absolute Gasteiger partial charge is 0.194 e. The highest BCUT2D eigenvalue weighted by Gasteiger charge is 2.53. The summed E-state index contributed by atoms with van der Waals surface area (Å²) in [5, 5.41) is 11.3. The zero-order valence-corrected chi connectivity index (χ0v) is 15.9. The molecule has 1 unspecified atom stereocenters. The molecule has 0 spiro atoms. The van der Waals surface area contributed by atoms with Crippen molar-refractivity contribution < 1.29 is 24.1 Å². The lowest BCUT2D eigenvalue weighted by molar-refractivity contribution is -0.262. The lowest BCUT2D eigenvalue weighted by atomic mass is 9.75. The second-order valence-electron chi connectivity index (χ2n) is 7.35. The third kappa shape index (κ3) is 3.31. The minimum absolute atomic E-state index is 0.407. The molecule has 1 fully saturated rings. The molecule has 2 aromatic carbocycles. The fourth-order valence-electron chi connectivity index (χ4n) is 4.06. The van der Waals surface area contributed by atoms with Crippen molar-refractivity contribution in [2.24, 2.45) is 0 Å². The first-order valence-corrected chi connectivity index (χ1v) is 9.40. The van der Waals surface area contributed by atoms with E-state index in [-0.39, 0.29) is 0 Å². The van der Waals surface area contributed by atoms with Crippen molar-refractivity contribution in [1.29, 1.82) is 0 Å². The third-order valence-electron chi connectivity index (χ3n) is 5.74. The minimum atomic E-state index is -1.10. The first kappa shape index (κ1) is 18.3. The van der Waals surface area contributed by atoms with Crippen molar-refractivity contribution in [1.82, 2.24) is 0 Å². The maximum Gasteiger partial charge on any atom is 0.194 e. The van der Waals surface area contributed by atoms with Crippen molar-refractivity contribution in [3.05, 3.63) is 59.2 Å². The Hall–Kier alpha value is -2.08. The van der Waals surface area contributed by atoms with Gasteiger partial charge in [0.05, 0.1) is 20.3 Å². The van der Waals surface area contributed by atoms with Gasteiger partial charge in [0.2, 0.25) is 0 Å². The monoisotopic (exact) mass is 370 g/mol. The topological polar surface area (TPSA) is 57.2 Å². The quantitative estimate of drug-likeness (QED) is 0.876. The zero-order chi connectivity index (χ0) is 18.9. The fourth-order valence-corrected chi connectivity index (χ4v) is 4.06. The van der Waals surface area contributed by atoms with Crippen LogP contribution in [0.4, 0.5) is 0 Å². The van der Waals surface area contributed by atoms with Crippen molar-refractivity contribution in [3.8, 4) is 11.5 Å². The molecule has 1 aliphatic carbocycles. The molecule has 1 aliphatic heterocycles. The van der Waals surface area contributed by atoms with Crippen LogP contribution in [0, 0.1) is 0 Å². The molecule has 27 heavy (non-hydrogen) atoms. The summed E-state index contributed by atoms with van der Waals surface area (Å²) in [7, 11) is 1.65. The van der Waals surface area contributed by atoms with E-state index in [1.165, 1.54) is 0 Å². The van der Waals surface area contributed by atoms with Gasteiger partial charge in [-0.25, -0.2) is 0 Å². The summed E-state index contributed by atoms with van der Waals surface area (Å²) < 4.78 is 23.2. The standard InChI is InChI=1S/C22H26O5/c1-21(26-12-13-27-21)22(23)11-10-17-18(14-22)19(24-2)8-9-20(17)25-15-16-6-4-3-5-7-16/h3-9,23H,10-15H2,1-2H3. The lowest BCUT2D eigenvalue weighted by Gasteiger charge is -2.44. The molecule has 0 radical (unpaired) electrons. The Kier molecular flexibility index (Phi) is 4.84. The average molecular weight is 370 g/mol. The van der Waals surface area contributed by atoms with Gasteiger partial charge in [-0.3, -0.25) is 0 Å². The largest absolute Gasteiger partial charge is 0.496 e. The van der Waals surface area contributed by atoms with E-state index in [0.717, 1.165) is 28.2 Å². The van der Waals surface area contributed by atoms with Crippen molar-refractivity contribution >= 4 is 0 Å². The van der Waals surface area contributed by atoms with E-state index in [0.29, 0.717) is 39.1 Å². The fraction of sp³-hybridized carbons (Fsp3) is 0.455. The van der Waals surface area contributed by atoms with Crippen LogP contribution in [-0.4, -0.2) is 36.8 Å². The van der Waals surface area contributed by atoms with Crippen LogP contribution in [0.15, 0.2) is 42.5 Å². The Morgan fingerprint density at radius 2 is 1.70 bits per heavy atom. The SMILES string of the molecule is COc1ccc(OCc2ccccc2)c2c1CC(O)(C1(C)OCCO1)CC2. The number of ether oxygens (including phenoxy) is 4. The first-order chi connectivity index (χ1) is 13.0. The molecule has 144 valence electrons. The van der Waals surface area contributed by atoms with Gasteiger partial charge < -0.3 is 24.1 Å². The molecule has 2 aromatic rings. The predicted molar refractivity (Wildman–Crippen MR) is 101 cm³/mol. The van der Waals surface area contributed by atoms with Crippen LogP contribution >= 0.6 is 0 Å². The van der Waals surface area contributed by atoms with Crippen LogP contribution in [0.3, 0.4) is 0 Å². The van der Waals surface area contributed by atoms with E-state index in [4.69, 9.17) is 18.9 Å². The Morgan fingerprint density at radius 1 is 1.00 bits per heavy atom. The molecule has 0 aromatic heterocycles. The van der Waals surface area contributed by atoms with Gasteiger partial charge in [-0.15, -0.1) is 0 Å². The minimum Gasteiger partial charge on any atom is -0.496 e. The normalized spacial score (nSPS) is 23.7. The molecule has 0 bridgehead atoms. The molecule has 1 saturated heterocycles. The first-order valence-electron chi connectivity index (χ1n) is 9.40. The summed E-state index contributed by atoms with van der Waals surface area (Å²) in [6.45, 7) is 3.34. The van der Waals surface area contributed by atoms with Gasteiger partial charge in [-0.2, -0.15) is 0 Å². The van der Waals surface area contributed by atoms with Gasteiger partial charge >= 0.3 is 0 Å². The summed E-state index contributed by atoms with van der Waals surface area (Å²) in [4.78, 5) is 0. The van der Waals surface area contributed by atoms with Gasteiger partial charge in [0.25, 0.3) is 0 Å². The number of fused-ring (bicyclic) bond motifs is 1. The highest BCUT2D eigenvalue weighted by atomic mass is 16.7. The molecule has 1 N–H and O–H groups in total. The molecular formula is C22H26O5. The predicted octanol–water partition coefficient (Wildman–Crippen LogP) is 3.26. The Balaban J connectivity index is 1.62. The van der Waals surface area contributed by atoms with Crippen LogP contribution in [0.1, 0.15) is 30.0 Å². The Morgan fingerprint density at radius 3 is 2.41 bits per heavy atom. The number of rotatable bonds is 5. The Bertz CT molecular complexity index is 798. The molecule has 0 amide bonds. The molecule has 5 heteroatoms. The number of aliphatic hydroxyl groups is 1. The highest BCUT2D eigenvalue weighted by molar-refractivity contribution is 5.51. The van der Waals surface area contributed by atoms with Crippen LogP contribution in [0.25, 0.3) is 0 Å². The summed E-state index contributed by atoms with van der Waals surface area (Å²) in [5.74, 6) is 0.614. The molecular weight excluding hydrogens is 344 g/mol. The molecule has 5 nitrogen and oxygen atoms in total. The maximum absolute atomic E-state index is 11.3. The van der Waals surface area contributed by atoms with Gasteiger partial charge in [0.15, 0.2) is 5.79 Å². The number of benzene rings is 2. The molecule has 0 saturated carbocycles. The van der Waals surface area contributed by atoms with E-state index < -0.39 is 11.4 Å². The Labute approximate surface area is 159 Å². The van der Waals surface area contributed by atoms with Crippen LogP contribution in [0.2, 0.25) is 0 Å². The second-order valence-corrected chi connectivity index (χ2v) is 7.35. The van der Waals surface area contributed by atoms with Gasteiger partial charge in [-0.05, 0) is 37.5 Å². The zero-order valence-electron chi connectivity index (χ0n) is 15.9. The third-order valence-corrected chi connectivity index (χ3v) is 5.74. The lowest BCUT2D eigenvalue weighted by Crippen LogP contribution is -2.56. The highest BCUT2D eigenvalue weighted by Crippen LogP contribution is 2.45. The molecule has 1 heterocycles. The summed E-state index contributed by atoms with van der Waals surface area (Å²) in [6, 6.07) is 14.0. The van der Waals surface area contributed by atoms with Crippen molar-refractivity contribution in [2.45, 2.75) is 44.2 Å². The van der Waals surface area contributed by atoms with E-state index in [9.17, 15) is 5.11 Å². The van der Waals surface area contributed by atoms with Gasteiger partial charge in [-0.1, -0.05) is 30.3 Å². The van der Waals surface area contributed by atoms with Crippen LogP contribution in [-0.2, 0) is 28.9 Å². The van der Waals surface area contributed by atoms with E-state index >= 15 is 0 Å². The van der Waals surface area contributed by atoms with E-state index in [2.05, 4.69) is 0 Å². The maximum atomic E-state index is 11.3. The number of methoxy groups -OCH3 is 1. The van der Waals surface area contributed by atoms with Gasteiger partial charge in [0, 0.05) is 17.5 Å². The summed E-state index contributed by atoms with van der Waals surface area (Å²) in [6.07, 6.45) is 1.63. The molecule has 2 aliphatic rings. The van der Waals surface area contributed by atoms with Crippen LogP contribution < -0.4 is 9.47 Å². The summed E-state index contributed by atoms with van der Waals surface area (Å²) >= 11 is 0. The molecule has 1 atom stereocenters. The average Bonchev–Trinajstić information content (AvgIpc) is 3.15. The summed E-state index contributed by atoms with van der Waals surface area (Å²) in [5.41, 5.74) is 2.09. The van der Waals surface area contributed by atoms with Crippen LogP contribution in [0.5, 0.6) is 11.5 Å². The van der Waals surface area contributed by atoms with E-state index in [1.807, 2.05) is 49.4 Å². The second kappa shape index (κ2) is 7.15. The van der Waals surface area contributed by atoms with Crippen molar-refractivity contribution in [2.75, 3.05) is 20.3 Å². The van der Waals surface area contributed by atoms with E-state index in [1.54, 1.807) is 7.11 Å². The van der Waals surface area contributed by atoms with Crippen molar-refractivity contribution in [3.63, 3.8) is 0 Å². The number of hydrogen-bond donors (Lipinski definition) is 1. The van der Waals surface area contributed by atoms with Gasteiger partial charge in [0.1, 0.15) is 23.7 Å². The number of hydrogen-bond acceptors (Lipinski definition) is 5.